The third-order valence-corrected chi connectivity index (χ3v) is 1.80. The molecule has 0 saturated heterocycles. The van der Waals surface area contributed by atoms with Crippen molar-refractivity contribution in [2.45, 2.75) is 13.3 Å². The number of amides is 1. The molecular weight excluding hydrogens is 190 g/mol. The summed E-state index contributed by atoms with van der Waals surface area (Å²) in [6.45, 7) is 6.08. The van der Waals surface area contributed by atoms with Gasteiger partial charge in [0.15, 0.2) is 0 Å². The van der Waals surface area contributed by atoms with Crippen LogP contribution in [0.5, 0.6) is 0 Å². The average molecular weight is 205 g/mol. The fourth-order valence-corrected chi connectivity index (χ4v) is 0.998. The van der Waals surface area contributed by atoms with Crippen molar-refractivity contribution >= 4 is 17.4 Å². The zero-order valence-corrected chi connectivity index (χ0v) is 8.79. The molecular formula is C11H15N3O. The minimum Gasteiger partial charge on any atom is -0.367 e. The summed E-state index contributed by atoms with van der Waals surface area (Å²) in [6.07, 6.45) is 3.85. The zero-order valence-electron chi connectivity index (χ0n) is 8.79. The molecule has 1 rings (SSSR count). The standard InChI is InChI=1S/C11H15N3O/c1-3-7-12-10-6-5-9(8-13-10)14-11(15)4-2/h3,5-6,8H,1,4,7H2,2H3,(H,12,13)(H,14,15). The van der Waals surface area contributed by atoms with E-state index in [4.69, 9.17) is 0 Å². The monoisotopic (exact) mass is 205 g/mol. The van der Waals surface area contributed by atoms with Crippen LogP contribution in [-0.4, -0.2) is 17.4 Å². The Bertz CT molecular complexity index is 332. The second-order valence-corrected chi connectivity index (χ2v) is 3.00. The van der Waals surface area contributed by atoms with Gasteiger partial charge in [-0.1, -0.05) is 13.0 Å². The van der Waals surface area contributed by atoms with Gasteiger partial charge >= 0.3 is 0 Å². The molecule has 0 aliphatic heterocycles. The van der Waals surface area contributed by atoms with Crippen LogP contribution in [0.2, 0.25) is 0 Å². The molecule has 0 fully saturated rings. The van der Waals surface area contributed by atoms with Gasteiger partial charge in [-0.3, -0.25) is 4.79 Å². The summed E-state index contributed by atoms with van der Waals surface area (Å²) in [5.41, 5.74) is 0.714. The molecule has 0 aromatic carbocycles. The van der Waals surface area contributed by atoms with E-state index in [1.54, 1.807) is 12.3 Å². The molecule has 0 unspecified atom stereocenters. The SMILES string of the molecule is C=CCNc1ccc(NC(=O)CC)cn1. The van der Waals surface area contributed by atoms with E-state index in [9.17, 15) is 4.79 Å². The van der Waals surface area contributed by atoms with E-state index in [2.05, 4.69) is 22.2 Å². The van der Waals surface area contributed by atoms with Crippen LogP contribution in [0.1, 0.15) is 13.3 Å². The third-order valence-electron chi connectivity index (χ3n) is 1.80. The van der Waals surface area contributed by atoms with Gasteiger partial charge in [0.25, 0.3) is 0 Å². The second-order valence-electron chi connectivity index (χ2n) is 3.00. The molecule has 0 radical (unpaired) electrons. The maximum atomic E-state index is 11.1. The zero-order chi connectivity index (χ0) is 11.1. The highest BCUT2D eigenvalue weighted by molar-refractivity contribution is 5.90. The van der Waals surface area contributed by atoms with Crippen molar-refractivity contribution in [3.05, 3.63) is 31.0 Å². The van der Waals surface area contributed by atoms with Gasteiger partial charge in [-0.15, -0.1) is 6.58 Å². The summed E-state index contributed by atoms with van der Waals surface area (Å²) in [5, 5.41) is 5.77. The molecule has 80 valence electrons. The second kappa shape index (κ2) is 5.80. The molecule has 4 nitrogen and oxygen atoms in total. The Morgan fingerprint density at radius 3 is 2.93 bits per heavy atom. The molecule has 0 bridgehead atoms. The number of aromatic nitrogens is 1. The maximum Gasteiger partial charge on any atom is 0.224 e. The summed E-state index contributed by atoms with van der Waals surface area (Å²) in [4.78, 5) is 15.2. The van der Waals surface area contributed by atoms with Gasteiger partial charge in [0.2, 0.25) is 5.91 Å². The van der Waals surface area contributed by atoms with Gasteiger partial charge in [0, 0.05) is 13.0 Å². The summed E-state index contributed by atoms with van der Waals surface area (Å²) in [7, 11) is 0. The summed E-state index contributed by atoms with van der Waals surface area (Å²) in [5.74, 6) is 0.757. The highest BCUT2D eigenvalue weighted by Crippen LogP contribution is 2.09. The lowest BCUT2D eigenvalue weighted by Crippen LogP contribution is -2.09. The van der Waals surface area contributed by atoms with Crippen molar-refractivity contribution in [1.29, 1.82) is 0 Å². The van der Waals surface area contributed by atoms with Crippen LogP contribution in [0.3, 0.4) is 0 Å². The van der Waals surface area contributed by atoms with Gasteiger partial charge in [0.05, 0.1) is 11.9 Å². The molecule has 2 N–H and O–H groups in total. The lowest BCUT2D eigenvalue weighted by molar-refractivity contribution is -0.115. The predicted octanol–water partition coefficient (Wildman–Crippen LogP) is 2.03. The van der Waals surface area contributed by atoms with Crippen LogP contribution in [0.25, 0.3) is 0 Å². The largest absolute Gasteiger partial charge is 0.367 e. The number of pyridine rings is 1. The first-order chi connectivity index (χ1) is 7.26. The molecule has 0 atom stereocenters. The Morgan fingerprint density at radius 2 is 2.40 bits per heavy atom. The van der Waals surface area contributed by atoms with Gasteiger partial charge < -0.3 is 10.6 Å². The first kappa shape index (κ1) is 11.2. The normalized spacial score (nSPS) is 9.40. The number of nitrogens with one attached hydrogen (secondary N) is 2. The quantitative estimate of drug-likeness (QED) is 0.723. The van der Waals surface area contributed by atoms with Gasteiger partial charge in [-0.25, -0.2) is 4.98 Å². The van der Waals surface area contributed by atoms with Crippen LogP contribution in [0, 0.1) is 0 Å². The third kappa shape index (κ3) is 3.81. The van der Waals surface area contributed by atoms with Crippen molar-refractivity contribution in [3.8, 4) is 0 Å². The lowest BCUT2D eigenvalue weighted by Gasteiger charge is -2.05. The molecule has 4 heteroatoms. The van der Waals surface area contributed by atoms with Crippen molar-refractivity contribution in [1.82, 2.24) is 4.98 Å². The van der Waals surface area contributed by atoms with E-state index in [-0.39, 0.29) is 5.91 Å². The molecule has 1 amide bonds. The number of rotatable bonds is 5. The van der Waals surface area contributed by atoms with Crippen LogP contribution in [0.4, 0.5) is 11.5 Å². The predicted molar refractivity (Wildman–Crippen MR) is 61.8 cm³/mol. The van der Waals surface area contributed by atoms with Gasteiger partial charge in [-0.2, -0.15) is 0 Å². The molecule has 0 saturated carbocycles. The van der Waals surface area contributed by atoms with E-state index < -0.39 is 0 Å². The summed E-state index contributed by atoms with van der Waals surface area (Å²) >= 11 is 0. The highest BCUT2D eigenvalue weighted by Gasteiger charge is 1.98. The van der Waals surface area contributed by atoms with Crippen molar-refractivity contribution in [2.24, 2.45) is 0 Å². The molecule has 1 aromatic rings. The van der Waals surface area contributed by atoms with Crippen LogP contribution in [-0.2, 0) is 4.79 Å². The molecule has 0 aliphatic carbocycles. The Balaban J connectivity index is 2.55. The first-order valence-electron chi connectivity index (χ1n) is 4.87. The Kier molecular flexibility index (Phi) is 4.34. The smallest absolute Gasteiger partial charge is 0.224 e. The minimum absolute atomic E-state index is 0.0106. The number of carbonyl (C=O) groups excluding carboxylic acids is 1. The van der Waals surface area contributed by atoms with Gasteiger partial charge in [0.1, 0.15) is 5.82 Å². The maximum absolute atomic E-state index is 11.1. The highest BCUT2D eigenvalue weighted by atomic mass is 16.1. The van der Waals surface area contributed by atoms with E-state index in [0.29, 0.717) is 18.7 Å². The minimum atomic E-state index is -0.0106. The van der Waals surface area contributed by atoms with Crippen LogP contribution >= 0.6 is 0 Å². The number of hydrogen-bond donors (Lipinski definition) is 2. The molecule has 1 aromatic heterocycles. The molecule has 0 aliphatic rings. The van der Waals surface area contributed by atoms with E-state index in [1.165, 1.54) is 0 Å². The Labute approximate surface area is 89.4 Å². The van der Waals surface area contributed by atoms with Gasteiger partial charge in [-0.05, 0) is 12.1 Å². The lowest BCUT2D eigenvalue weighted by atomic mass is 10.3. The van der Waals surface area contributed by atoms with E-state index in [1.807, 2.05) is 19.1 Å². The molecule has 1 heterocycles. The Morgan fingerprint density at radius 1 is 1.60 bits per heavy atom. The fourth-order valence-electron chi connectivity index (χ4n) is 0.998. The average Bonchev–Trinajstić information content (AvgIpc) is 2.28. The van der Waals surface area contributed by atoms with Crippen molar-refractivity contribution in [2.75, 3.05) is 17.2 Å². The van der Waals surface area contributed by atoms with Crippen molar-refractivity contribution in [3.63, 3.8) is 0 Å². The number of hydrogen-bond acceptors (Lipinski definition) is 3. The Hall–Kier alpha value is -1.84. The van der Waals surface area contributed by atoms with Crippen LogP contribution < -0.4 is 10.6 Å². The molecule has 0 spiro atoms. The topological polar surface area (TPSA) is 54.0 Å². The number of anilines is 2. The number of carbonyl (C=O) groups is 1. The summed E-state index contributed by atoms with van der Waals surface area (Å²) < 4.78 is 0. The van der Waals surface area contributed by atoms with E-state index >= 15 is 0 Å². The first-order valence-corrected chi connectivity index (χ1v) is 4.87. The molecule has 15 heavy (non-hydrogen) atoms. The van der Waals surface area contributed by atoms with Crippen molar-refractivity contribution < 1.29 is 4.79 Å². The summed E-state index contributed by atoms with van der Waals surface area (Å²) in [6, 6.07) is 3.63. The number of nitrogens with zero attached hydrogens (tertiary/aromatic N) is 1. The van der Waals surface area contributed by atoms with Crippen LogP contribution in [0.15, 0.2) is 31.0 Å². The van der Waals surface area contributed by atoms with E-state index in [0.717, 1.165) is 5.82 Å². The fraction of sp³-hybridized carbons (Fsp3) is 0.273.